The first-order valence-electron chi connectivity index (χ1n) is 8.96. The van der Waals surface area contributed by atoms with Crippen LogP contribution in [-0.4, -0.2) is 60.1 Å². The quantitative estimate of drug-likeness (QED) is 0.734. The van der Waals surface area contributed by atoms with E-state index in [-0.39, 0.29) is 17.6 Å². The fraction of sp³-hybridized carbons (Fsp3) is 0.625. The van der Waals surface area contributed by atoms with E-state index in [0.29, 0.717) is 17.7 Å². The normalized spacial score (nSPS) is 14.9. The van der Waals surface area contributed by atoms with Gasteiger partial charge in [-0.2, -0.15) is 15.0 Å². The molecule has 0 amide bonds. The first kappa shape index (κ1) is 19.5. The molecule has 11 heteroatoms. The molecule has 0 atom stereocenters. The van der Waals surface area contributed by atoms with E-state index in [1.807, 2.05) is 27.9 Å². The molecular formula is C16H26N8O2S. The Kier molecular flexibility index (Phi) is 5.61. The lowest BCUT2D eigenvalue weighted by molar-refractivity contribution is 0.573. The van der Waals surface area contributed by atoms with Crippen molar-refractivity contribution in [2.45, 2.75) is 44.3 Å². The summed E-state index contributed by atoms with van der Waals surface area (Å²) in [6, 6.07) is 0.135. The van der Waals surface area contributed by atoms with E-state index in [1.54, 1.807) is 9.47 Å². The molecule has 0 bridgehead atoms. The van der Waals surface area contributed by atoms with Gasteiger partial charge in [0.2, 0.25) is 11.9 Å². The van der Waals surface area contributed by atoms with Crippen LogP contribution in [0.15, 0.2) is 17.6 Å². The SMILES string of the molecule is CC(C)n1cnc(S(=O)(=O)NCc2nc(N(C)C)nc(N3CCCC3)n2)c1. The van der Waals surface area contributed by atoms with Crippen molar-refractivity contribution < 1.29 is 8.42 Å². The fourth-order valence-electron chi connectivity index (χ4n) is 2.71. The maximum atomic E-state index is 12.5. The number of anilines is 2. The number of nitrogens with zero attached hydrogens (tertiary/aromatic N) is 7. The van der Waals surface area contributed by atoms with Gasteiger partial charge in [0.15, 0.2) is 10.9 Å². The molecule has 27 heavy (non-hydrogen) atoms. The lowest BCUT2D eigenvalue weighted by Gasteiger charge is -2.18. The number of sulfonamides is 1. The second kappa shape index (κ2) is 7.77. The fourth-order valence-corrected chi connectivity index (χ4v) is 3.62. The largest absolute Gasteiger partial charge is 0.347 e. The number of hydrogen-bond acceptors (Lipinski definition) is 8. The van der Waals surface area contributed by atoms with Gasteiger partial charge in [-0.1, -0.05) is 0 Å². The molecule has 1 fully saturated rings. The van der Waals surface area contributed by atoms with Gasteiger partial charge in [0.05, 0.1) is 12.9 Å². The number of aromatic nitrogens is 5. The van der Waals surface area contributed by atoms with Crippen molar-refractivity contribution in [3.63, 3.8) is 0 Å². The summed E-state index contributed by atoms with van der Waals surface area (Å²) in [5, 5.41) is -0.0159. The molecule has 0 aliphatic carbocycles. The predicted molar refractivity (Wildman–Crippen MR) is 102 cm³/mol. The van der Waals surface area contributed by atoms with Crippen LogP contribution in [0.2, 0.25) is 0 Å². The lowest BCUT2D eigenvalue weighted by atomic mass is 10.4. The third kappa shape index (κ3) is 4.53. The summed E-state index contributed by atoms with van der Waals surface area (Å²) in [6.45, 7) is 5.68. The Morgan fingerprint density at radius 1 is 1.19 bits per heavy atom. The van der Waals surface area contributed by atoms with Crippen molar-refractivity contribution in [2.24, 2.45) is 0 Å². The minimum absolute atomic E-state index is 0.0159. The van der Waals surface area contributed by atoms with Gasteiger partial charge in [0, 0.05) is 39.4 Å². The maximum Gasteiger partial charge on any atom is 0.259 e. The van der Waals surface area contributed by atoms with E-state index in [0.717, 1.165) is 25.9 Å². The second-order valence-corrected chi connectivity index (χ2v) is 8.73. The Bertz CT molecular complexity index is 888. The molecule has 1 saturated heterocycles. The van der Waals surface area contributed by atoms with Crippen LogP contribution in [0.1, 0.15) is 38.6 Å². The van der Waals surface area contributed by atoms with Gasteiger partial charge < -0.3 is 14.4 Å². The van der Waals surface area contributed by atoms with Gasteiger partial charge >= 0.3 is 0 Å². The first-order valence-corrected chi connectivity index (χ1v) is 10.4. The molecule has 1 aliphatic heterocycles. The zero-order chi connectivity index (χ0) is 19.6. The van der Waals surface area contributed by atoms with Crippen molar-refractivity contribution in [2.75, 3.05) is 37.0 Å². The molecule has 148 valence electrons. The highest BCUT2D eigenvalue weighted by molar-refractivity contribution is 7.89. The van der Waals surface area contributed by atoms with Gasteiger partial charge in [-0.3, -0.25) is 0 Å². The zero-order valence-electron chi connectivity index (χ0n) is 16.1. The van der Waals surface area contributed by atoms with Crippen LogP contribution in [0.5, 0.6) is 0 Å². The highest BCUT2D eigenvalue weighted by Crippen LogP contribution is 2.18. The molecule has 3 heterocycles. The van der Waals surface area contributed by atoms with E-state index in [4.69, 9.17) is 0 Å². The van der Waals surface area contributed by atoms with Crippen molar-refractivity contribution in [3.05, 3.63) is 18.3 Å². The van der Waals surface area contributed by atoms with Crippen LogP contribution in [0.25, 0.3) is 0 Å². The van der Waals surface area contributed by atoms with Crippen LogP contribution in [-0.2, 0) is 16.6 Å². The number of nitrogens with one attached hydrogen (secondary N) is 1. The number of imidazole rings is 1. The molecule has 3 rings (SSSR count). The molecule has 0 saturated carbocycles. The van der Waals surface area contributed by atoms with E-state index in [1.165, 1.54) is 12.5 Å². The number of rotatable bonds is 7. The summed E-state index contributed by atoms with van der Waals surface area (Å²) in [6.07, 6.45) is 5.23. The van der Waals surface area contributed by atoms with Crippen LogP contribution < -0.4 is 14.5 Å². The maximum absolute atomic E-state index is 12.5. The van der Waals surface area contributed by atoms with Crippen LogP contribution >= 0.6 is 0 Å². The summed E-state index contributed by atoms with van der Waals surface area (Å²) < 4.78 is 29.3. The van der Waals surface area contributed by atoms with Crippen molar-refractivity contribution >= 4 is 21.9 Å². The molecule has 2 aromatic heterocycles. The summed E-state index contributed by atoms with van der Waals surface area (Å²) >= 11 is 0. The van der Waals surface area contributed by atoms with E-state index >= 15 is 0 Å². The molecule has 2 aromatic rings. The molecule has 1 aliphatic rings. The standard InChI is InChI=1S/C16H26N8O2S/c1-12(2)24-10-14(17-11-24)27(25,26)18-9-13-19-15(22(3)4)21-16(20-13)23-7-5-6-8-23/h10-12,18H,5-9H2,1-4H3. The van der Waals surface area contributed by atoms with Crippen LogP contribution in [0, 0.1) is 0 Å². The Hall–Kier alpha value is -2.27. The molecule has 0 aromatic carbocycles. The van der Waals surface area contributed by atoms with E-state index < -0.39 is 10.0 Å². The average molecular weight is 395 g/mol. The minimum atomic E-state index is -3.75. The van der Waals surface area contributed by atoms with Crippen molar-refractivity contribution in [1.82, 2.24) is 29.2 Å². The Morgan fingerprint density at radius 2 is 1.89 bits per heavy atom. The molecule has 10 nitrogen and oxygen atoms in total. The summed E-state index contributed by atoms with van der Waals surface area (Å²) in [7, 11) is -0.0600. The monoisotopic (exact) mass is 394 g/mol. The van der Waals surface area contributed by atoms with Gasteiger partial charge in [-0.25, -0.2) is 18.1 Å². The lowest BCUT2D eigenvalue weighted by Crippen LogP contribution is -2.28. The van der Waals surface area contributed by atoms with Gasteiger partial charge in [-0.15, -0.1) is 0 Å². The predicted octanol–water partition coefficient (Wildman–Crippen LogP) is 0.794. The summed E-state index contributed by atoms with van der Waals surface area (Å²) in [4.78, 5) is 21.2. The Morgan fingerprint density at radius 3 is 2.48 bits per heavy atom. The molecule has 1 N–H and O–H groups in total. The Balaban J connectivity index is 1.79. The third-order valence-corrected chi connectivity index (χ3v) is 5.60. The van der Waals surface area contributed by atoms with Gasteiger partial charge in [0.1, 0.15) is 0 Å². The average Bonchev–Trinajstić information content (AvgIpc) is 3.31. The third-order valence-electron chi connectivity index (χ3n) is 4.32. The topological polar surface area (TPSA) is 109 Å². The highest BCUT2D eigenvalue weighted by Gasteiger charge is 2.21. The van der Waals surface area contributed by atoms with Gasteiger partial charge in [0.25, 0.3) is 10.0 Å². The van der Waals surface area contributed by atoms with Gasteiger partial charge in [-0.05, 0) is 26.7 Å². The smallest absolute Gasteiger partial charge is 0.259 e. The summed E-state index contributed by atoms with van der Waals surface area (Å²) in [5.74, 6) is 1.47. The van der Waals surface area contributed by atoms with E-state index in [9.17, 15) is 8.42 Å². The second-order valence-electron chi connectivity index (χ2n) is 7.02. The molecule has 0 spiro atoms. The van der Waals surface area contributed by atoms with E-state index in [2.05, 4.69) is 29.6 Å². The highest BCUT2D eigenvalue weighted by atomic mass is 32.2. The Labute approximate surface area is 159 Å². The zero-order valence-corrected chi connectivity index (χ0v) is 16.9. The first-order chi connectivity index (χ1) is 12.8. The van der Waals surface area contributed by atoms with Crippen LogP contribution in [0.4, 0.5) is 11.9 Å². The molecular weight excluding hydrogens is 368 g/mol. The molecule has 0 radical (unpaired) electrons. The minimum Gasteiger partial charge on any atom is -0.347 e. The molecule has 0 unspecified atom stereocenters. The summed E-state index contributed by atoms with van der Waals surface area (Å²) in [5.41, 5.74) is 0. The van der Waals surface area contributed by atoms with Crippen molar-refractivity contribution in [1.29, 1.82) is 0 Å². The number of hydrogen-bond donors (Lipinski definition) is 1. The van der Waals surface area contributed by atoms with Crippen molar-refractivity contribution in [3.8, 4) is 0 Å². The van der Waals surface area contributed by atoms with Crippen LogP contribution in [0.3, 0.4) is 0 Å².